The van der Waals surface area contributed by atoms with Gasteiger partial charge < -0.3 is 35.0 Å². The van der Waals surface area contributed by atoms with Crippen LogP contribution in [0.2, 0.25) is 0 Å². The van der Waals surface area contributed by atoms with Gasteiger partial charge in [0.05, 0.1) is 6.61 Å². The first-order valence-corrected chi connectivity index (χ1v) is 5.79. The quantitative estimate of drug-likeness (QED) is 0.457. The van der Waals surface area contributed by atoms with Gasteiger partial charge in [0.15, 0.2) is 0 Å². The van der Waals surface area contributed by atoms with Gasteiger partial charge in [0.1, 0.15) is 35.9 Å². The van der Waals surface area contributed by atoms with Crippen LogP contribution in [-0.4, -0.2) is 62.8 Å². The standard InChI is InChI=1S/C12H16O7/c13-5-8-9(15)10(16)11(17)12(19-8)18-7-3-1-6(14)2-4-7/h1-4,8-17H,5H2/t8?,9-,10+,11-,12-/m0/s1. The van der Waals surface area contributed by atoms with Gasteiger partial charge in [-0.2, -0.15) is 0 Å². The van der Waals surface area contributed by atoms with Crippen LogP contribution in [0.5, 0.6) is 11.5 Å². The van der Waals surface area contributed by atoms with Gasteiger partial charge in [-0.05, 0) is 24.3 Å². The Morgan fingerprint density at radius 2 is 1.63 bits per heavy atom. The molecule has 7 heteroatoms. The number of ether oxygens (including phenoxy) is 2. The van der Waals surface area contributed by atoms with Crippen molar-refractivity contribution in [3.8, 4) is 11.5 Å². The fourth-order valence-corrected chi connectivity index (χ4v) is 1.82. The minimum atomic E-state index is -1.48. The molecule has 5 N–H and O–H groups in total. The van der Waals surface area contributed by atoms with E-state index in [9.17, 15) is 15.3 Å². The maximum Gasteiger partial charge on any atom is 0.229 e. The van der Waals surface area contributed by atoms with Gasteiger partial charge in [0.25, 0.3) is 0 Å². The van der Waals surface area contributed by atoms with Crippen LogP contribution in [0.25, 0.3) is 0 Å². The summed E-state index contributed by atoms with van der Waals surface area (Å²) in [5.74, 6) is 0.364. The van der Waals surface area contributed by atoms with E-state index in [2.05, 4.69) is 0 Å². The molecule has 0 spiro atoms. The number of hydrogen-bond donors (Lipinski definition) is 5. The van der Waals surface area contributed by atoms with E-state index >= 15 is 0 Å². The van der Waals surface area contributed by atoms with Crippen LogP contribution in [0, 0.1) is 0 Å². The number of hydrogen-bond acceptors (Lipinski definition) is 7. The number of phenols is 1. The smallest absolute Gasteiger partial charge is 0.229 e. The lowest BCUT2D eigenvalue weighted by atomic mass is 9.99. The van der Waals surface area contributed by atoms with E-state index in [-0.39, 0.29) is 5.75 Å². The van der Waals surface area contributed by atoms with Crippen LogP contribution < -0.4 is 4.74 Å². The molecule has 1 fully saturated rings. The number of benzene rings is 1. The largest absolute Gasteiger partial charge is 0.508 e. The summed E-state index contributed by atoms with van der Waals surface area (Å²) in [5, 5.41) is 47.1. The van der Waals surface area contributed by atoms with Crippen LogP contribution in [-0.2, 0) is 4.74 Å². The highest BCUT2D eigenvalue weighted by atomic mass is 16.7. The molecule has 1 aliphatic rings. The minimum Gasteiger partial charge on any atom is -0.508 e. The third-order valence-electron chi connectivity index (χ3n) is 2.94. The number of aliphatic hydroxyl groups is 4. The second kappa shape index (κ2) is 5.72. The molecule has 0 saturated carbocycles. The second-order valence-corrected chi connectivity index (χ2v) is 4.31. The Morgan fingerprint density at radius 3 is 2.21 bits per heavy atom. The molecule has 1 aromatic rings. The molecular formula is C12H16O7. The third-order valence-corrected chi connectivity index (χ3v) is 2.94. The summed E-state index contributed by atoms with van der Waals surface area (Å²) >= 11 is 0. The van der Waals surface area contributed by atoms with E-state index in [0.29, 0.717) is 5.75 Å². The molecule has 106 valence electrons. The molecule has 0 bridgehead atoms. The molecule has 1 aliphatic heterocycles. The molecule has 19 heavy (non-hydrogen) atoms. The number of aliphatic hydroxyl groups excluding tert-OH is 4. The second-order valence-electron chi connectivity index (χ2n) is 4.31. The molecule has 2 rings (SSSR count). The van der Waals surface area contributed by atoms with Gasteiger partial charge in [-0.1, -0.05) is 0 Å². The van der Waals surface area contributed by atoms with Crippen molar-refractivity contribution < 1.29 is 35.0 Å². The first-order chi connectivity index (χ1) is 9.02. The number of phenolic OH excluding ortho intramolecular Hbond substituents is 1. The van der Waals surface area contributed by atoms with Gasteiger partial charge in [-0.15, -0.1) is 0 Å². The SMILES string of the molecule is OCC1O[C@H](Oc2ccc(O)cc2)[C@@H](O)[C@H](O)[C@H]1O. The average molecular weight is 272 g/mol. The van der Waals surface area contributed by atoms with Crippen LogP contribution >= 0.6 is 0 Å². The lowest BCUT2D eigenvalue weighted by Crippen LogP contribution is -2.60. The van der Waals surface area contributed by atoms with Crippen LogP contribution in [0.15, 0.2) is 24.3 Å². The van der Waals surface area contributed by atoms with Crippen LogP contribution in [0.1, 0.15) is 0 Å². The van der Waals surface area contributed by atoms with Crippen molar-refractivity contribution in [2.75, 3.05) is 6.61 Å². The molecule has 0 aromatic heterocycles. The van der Waals surface area contributed by atoms with Crippen molar-refractivity contribution in [2.45, 2.75) is 30.7 Å². The van der Waals surface area contributed by atoms with Gasteiger partial charge in [0, 0.05) is 0 Å². The molecular weight excluding hydrogens is 256 g/mol. The van der Waals surface area contributed by atoms with Crippen molar-refractivity contribution in [3.05, 3.63) is 24.3 Å². The predicted octanol–water partition coefficient (Wildman–Crippen LogP) is -1.43. The van der Waals surface area contributed by atoms with Crippen LogP contribution in [0.4, 0.5) is 0 Å². The van der Waals surface area contributed by atoms with E-state index in [1.807, 2.05) is 0 Å². The van der Waals surface area contributed by atoms with Crippen molar-refractivity contribution in [1.82, 2.24) is 0 Å². The molecule has 7 nitrogen and oxygen atoms in total. The molecule has 5 atom stereocenters. The average Bonchev–Trinajstić information content (AvgIpc) is 2.42. The summed E-state index contributed by atoms with van der Waals surface area (Å²) < 4.78 is 10.5. The first kappa shape index (κ1) is 14.0. The highest BCUT2D eigenvalue weighted by molar-refractivity contribution is 5.30. The summed E-state index contributed by atoms with van der Waals surface area (Å²) in [5.41, 5.74) is 0. The van der Waals surface area contributed by atoms with E-state index in [4.69, 9.17) is 19.7 Å². The number of aromatic hydroxyl groups is 1. The fraction of sp³-hybridized carbons (Fsp3) is 0.500. The van der Waals surface area contributed by atoms with E-state index in [1.54, 1.807) is 0 Å². The van der Waals surface area contributed by atoms with Crippen molar-refractivity contribution in [1.29, 1.82) is 0 Å². The molecule has 1 aromatic carbocycles. The molecule has 0 radical (unpaired) electrons. The molecule has 1 heterocycles. The monoisotopic (exact) mass is 272 g/mol. The summed E-state index contributed by atoms with van der Waals surface area (Å²) in [6.07, 6.45) is -6.58. The fourth-order valence-electron chi connectivity index (χ4n) is 1.82. The zero-order valence-corrected chi connectivity index (χ0v) is 9.96. The van der Waals surface area contributed by atoms with Gasteiger partial charge in [-0.3, -0.25) is 0 Å². The summed E-state index contributed by atoms with van der Waals surface area (Å²) in [6.45, 7) is -0.514. The summed E-state index contributed by atoms with van der Waals surface area (Å²) in [4.78, 5) is 0. The first-order valence-electron chi connectivity index (χ1n) is 5.79. The normalized spacial score (nSPS) is 35.1. The molecule has 0 amide bonds. The minimum absolute atomic E-state index is 0.0566. The lowest BCUT2D eigenvalue weighted by molar-refractivity contribution is -0.277. The Morgan fingerprint density at radius 1 is 1.00 bits per heavy atom. The van der Waals surface area contributed by atoms with E-state index < -0.39 is 37.3 Å². The Balaban J connectivity index is 2.08. The molecule has 0 aliphatic carbocycles. The topological polar surface area (TPSA) is 120 Å². The van der Waals surface area contributed by atoms with Gasteiger partial charge in [-0.25, -0.2) is 0 Å². The Hall–Kier alpha value is -1.38. The van der Waals surface area contributed by atoms with E-state index in [1.165, 1.54) is 24.3 Å². The lowest BCUT2D eigenvalue weighted by Gasteiger charge is -2.39. The summed E-state index contributed by atoms with van der Waals surface area (Å²) in [7, 11) is 0. The summed E-state index contributed by atoms with van der Waals surface area (Å²) in [6, 6.07) is 5.69. The van der Waals surface area contributed by atoms with Crippen molar-refractivity contribution in [3.63, 3.8) is 0 Å². The molecule has 1 unspecified atom stereocenters. The van der Waals surface area contributed by atoms with Crippen LogP contribution in [0.3, 0.4) is 0 Å². The Kier molecular flexibility index (Phi) is 4.23. The van der Waals surface area contributed by atoms with Crippen molar-refractivity contribution >= 4 is 0 Å². The van der Waals surface area contributed by atoms with Gasteiger partial charge in [0.2, 0.25) is 6.29 Å². The predicted molar refractivity (Wildman–Crippen MR) is 62.5 cm³/mol. The third kappa shape index (κ3) is 2.96. The Labute approximate surface area is 109 Å². The zero-order chi connectivity index (χ0) is 14.0. The Bertz CT molecular complexity index is 405. The zero-order valence-electron chi connectivity index (χ0n) is 9.96. The maximum absolute atomic E-state index is 9.75. The van der Waals surface area contributed by atoms with Crippen molar-refractivity contribution in [2.24, 2.45) is 0 Å². The highest BCUT2D eigenvalue weighted by Crippen LogP contribution is 2.25. The van der Waals surface area contributed by atoms with Gasteiger partial charge >= 0.3 is 0 Å². The van der Waals surface area contributed by atoms with E-state index in [0.717, 1.165) is 0 Å². The maximum atomic E-state index is 9.75. The number of rotatable bonds is 3. The highest BCUT2D eigenvalue weighted by Gasteiger charge is 2.44. The molecule has 1 saturated heterocycles.